The van der Waals surface area contributed by atoms with Gasteiger partial charge in [-0.15, -0.1) is 0 Å². The molecular weight excluding hydrogens is 136 g/mol. The zero-order valence-corrected chi connectivity index (χ0v) is 6.68. The first-order valence-corrected chi connectivity index (χ1v) is 3.00. The average molecular weight is 147 g/mol. The summed E-state index contributed by atoms with van der Waals surface area (Å²) < 4.78 is 0. The summed E-state index contributed by atoms with van der Waals surface area (Å²) in [6.45, 7) is 0. The van der Waals surface area contributed by atoms with E-state index in [4.69, 9.17) is 11.6 Å². The fraction of sp³-hybridized carbons (Fsp3) is 0.500. The average Bonchev–Trinajstić information content (AvgIpc) is 1.63. The van der Waals surface area contributed by atoms with E-state index < -0.39 is 0 Å². The number of aliphatic imine (C=N–C) groups is 1. The maximum Gasteiger partial charge on any atom is 0.0742 e. The minimum absolute atomic E-state index is 0.641. The van der Waals surface area contributed by atoms with E-state index in [1.54, 1.807) is 19.5 Å². The zero-order chi connectivity index (χ0) is 7.28. The predicted octanol–water partition coefficient (Wildman–Crippen LogP) is 1.33. The molecule has 0 spiro atoms. The molecule has 0 radical (unpaired) electrons. The van der Waals surface area contributed by atoms with Crippen LogP contribution in [0, 0.1) is 0 Å². The van der Waals surface area contributed by atoms with Gasteiger partial charge in [-0.3, -0.25) is 4.99 Å². The first-order chi connectivity index (χ1) is 4.16. The molecule has 0 aliphatic carbocycles. The first-order valence-electron chi connectivity index (χ1n) is 2.62. The van der Waals surface area contributed by atoms with E-state index in [-0.39, 0.29) is 0 Å². The van der Waals surface area contributed by atoms with Crippen LogP contribution < -0.4 is 0 Å². The Morgan fingerprint density at radius 2 is 2.11 bits per heavy atom. The molecule has 0 saturated carbocycles. The van der Waals surface area contributed by atoms with E-state index in [2.05, 4.69) is 4.99 Å². The predicted molar refractivity (Wildman–Crippen MR) is 42.0 cm³/mol. The summed E-state index contributed by atoms with van der Waals surface area (Å²) >= 11 is 5.65. The Kier molecular flexibility index (Phi) is 4.14. The van der Waals surface area contributed by atoms with Crippen molar-refractivity contribution >= 4 is 17.8 Å². The molecule has 0 aromatic carbocycles. The number of rotatable bonds is 2. The molecule has 0 rings (SSSR count). The van der Waals surface area contributed by atoms with Crippen molar-refractivity contribution in [3.63, 3.8) is 0 Å². The van der Waals surface area contributed by atoms with E-state index >= 15 is 0 Å². The van der Waals surface area contributed by atoms with Gasteiger partial charge in [-0.25, -0.2) is 0 Å². The van der Waals surface area contributed by atoms with Gasteiger partial charge in [0.1, 0.15) is 0 Å². The Balaban J connectivity index is 3.84. The molecule has 0 bridgehead atoms. The molecule has 52 valence electrons. The summed E-state index contributed by atoms with van der Waals surface area (Å²) in [4.78, 5) is 5.60. The van der Waals surface area contributed by atoms with Crippen molar-refractivity contribution in [1.29, 1.82) is 0 Å². The maximum atomic E-state index is 5.65. The smallest absolute Gasteiger partial charge is 0.0742 e. The van der Waals surface area contributed by atoms with Crippen LogP contribution in [0.2, 0.25) is 0 Å². The van der Waals surface area contributed by atoms with Crippen molar-refractivity contribution in [3.05, 3.63) is 11.2 Å². The highest BCUT2D eigenvalue weighted by molar-refractivity contribution is 6.39. The lowest BCUT2D eigenvalue weighted by Crippen LogP contribution is -2.01. The van der Waals surface area contributed by atoms with Gasteiger partial charge < -0.3 is 4.90 Å². The molecule has 0 saturated heterocycles. The first kappa shape index (κ1) is 8.50. The van der Waals surface area contributed by atoms with Crippen LogP contribution in [0.15, 0.2) is 16.2 Å². The Labute approximate surface area is 60.8 Å². The summed E-state index contributed by atoms with van der Waals surface area (Å²) in [5.74, 6) is 0. The van der Waals surface area contributed by atoms with Gasteiger partial charge in [-0.1, -0.05) is 11.6 Å². The summed E-state index contributed by atoms with van der Waals surface area (Å²) in [7, 11) is 5.50. The SMILES string of the molecule is CN=C/C(Cl)=C/N(C)C. The van der Waals surface area contributed by atoms with Crippen molar-refractivity contribution in [1.82, 2.24) is 4.90 Å². The lowest BCUT2D eigenvalue weighted by Gasteiger charge is -2.02. The highest BCUT2D eigenvalue weighted by atomic mass is 35.5. The number of hydrogen-bond acceptors (Lipinski definition) is 2. The molecular formula is C6H11ClN2. The largest absolute Gasteiger partial charge is 0.382 e. The second kappa shape index (κ2) is 4.39. The van der Waals surface area contributed by atoms with Gasteiger partial charge in [0.2, 0.25) is 0 Å². The van der Waals surface area contributed by atoms with E-state index in [9.17, 15) is 0 Å². The topological polar surface area (TPSA) is 15.6 Å². The normalized spacial score (nSPS) is 12.7. The fourth-order valence-electron chi connectivity index (χ4n) is 0.403. The molecule has 0 aromatic heterocycles. The quantitative estimate of drug-likeness (QED) is 0.537. The summed E-state index contributed by atoms with van der Waals surface area (Å²) in [6.07, 6.45) is 3.39. The van der Waals surface area contributed by atoms with Gasteiger partial charge in [0.05, 0.1) is 5.03 Å². The Morgan fingerprint density at radius 1 is 1.56 bits per heavy atom. The highest BCUT2D eigenvalue weighted by Gasteiger charge is 1.83. The van der Waals surface area contributed by atoms with Crippen molar-refractivity contribution in [2.24, 2.45) is 4.99 Å². The van der Waals surface area contributed by atoms with E-state index in [1.165, 1.54) is 0 Å². The molecule has 2 nitrogen and oxygen atoms in total. The standard InChI is InChI=1S/C6H11ClN2/c1-8-4-6(7)5-9(2)3/h4-5H,1-3H3/b6-5-,8-4?. The Bertz CT molecular complexity index is 127. The van der Waals surface area contributed by atoms with Gasteiger partial charge >= 0.3 is 0 Å². The summed E-state index contributed by atoms with van der Waals surface area (Å²) in [6, 6.07) is 0. The second-order valence-corrected chi connectivity index (χ2v) is 2.30. The number of nitrogens with zero attached hydrogens (tertiary/aromatic N) is 2. The molecule has 0 unspecified atom stereocenters. The molecule has 9 heavy (non-hydrogen) atoms. The lowest BCUT2D eigenvalue weighted by atomic mass is 10.6. The molecule has 0 N–H and O–H groups in total. The highest BCUT2D eigenvalue weighted by Crippen LogP contribution is 1.96. The van der Waals surface area contributed by atoms with Crippen LogP contribution in [0.3, 0.4) is 0 Å². The van der Waals surface area contributed by atoms with Gasteiger partial charge in [0, 0.05) is 33.6 Å². The third kappa shape index (κ3) is 5.37. The molecule has 0 aliphatic heterocycles. The molecule has 0 amide bonds. The molecule has 0 aromatic rings. The molecule has 0 aliphatic rings. The Morgan fingerprint density at radius 3 is 2.44 bits per heavy atom. The van der Waals surface area contributed by atoms with Gasteiger partial charge in [0.25, 0.3) is 0 Å². The van der Waals surface area contributed by atoms with Crippen molar-refractivity contribution < 1.29 is 0 Å². The third-order valence-electron chi connectivity index (χ3n) is 0.634. The number of allylic oxidation sites excluding steroid dienone is 1. The van der Waals surface area contributed by atoms with E-state index in [0.29, 0.717) is 5.03 Å². The summed E-state index contributed by atoms with van der Waals surface area (Å²) in [5, 5.41) is 0.641. The van der Waals surface area contributed by atoms with Crippen LogP contribution >= 0.6 is 11.6 Å². The van der Waals surface area contributed by atoms with Crippen LogP contribution in [0.25, 0.3) is 0 Å². The molecule has 0 fully saturated rings. The van der Waals surface area contributed by atoms with Crippen molar-refractivity contribution in [2.75, 3.05) is 21.1 Å². The van der Waals surface area contributed by atoms with Crippen LogP contribution in [-0.4, -0.2) is 32.3 Å². The van der Waals surface area contributed by atoms with Crippen LogP contribution in [0.1, 0.15) is 0 Å². The van der Waals surface area contributed by atoms with Crippen LogP contribution in [0.4, 0.5) is 0 Å². The van der Waals surface area contributed by atoms with Gasteiger partial charge in [-0.2, -0.15) is 0 Å². The fourth-order valence-corrected chi connectivity index (χ4v) is 0.696. The lowest BCUT2D eigenvalue weighted by molar-refractivity contribution is 0.563. The zero-order valence-electron chi connectivity index (χ0n) is 5.93. The third-order valence-corrected chi connectivity index (χ3v) is 0.829. The van der Waals surface area contributed by atoms with Gasteiger partial charge in [-0.05, 0) is 0 Å². The Hall–Kier alpha value is -0.500. The van der Waals surface area contributed by atoms with E-state index in [0.717, 1.165) is 0 Å². The molecule has 3 heteroatoms. The number of halogens is 1. The minimum atomic E-state index is 0.641. The maximum absolute atomic E-state index is 5.65. The summed E-state index contributed by atoms with van der Waals surface area (Å²) in [5.41, 5.74) is 0. The minimum Gasteiger partial charge on any atom is -0.382 e. The van der Waals surface area contributed by atoms with Crippen molar-refractivity contribution in [2.45, 2.75) is 0 Å². The van der Waals surface area contributed by atoms with Crippen molar-refractivity contribution in [3.8, 4) is 0 Å². The molecule has 0 heterocycles. The number of hydrogen-bond donors (Lipinski definition) is 0. The second-order valence-electron chi connectivity index (χ2n) is 1.86. The van der Waals surface area contributed by atoms with Gasteiger partial charge in [0.15, 0.2) is 0 Å². The molecule has 0 atom stereocenters. The van der Waals surface area contributed by atoms with E-state index in [1.807, 2.05) is 19.0 Å². The monoisotopic (exact) mass is 146 g/mol. The van der Waals surface area contributed by atoms with Crippen LogP contribution in [0.5, 0.6) is 0 Å². The van der Waals surface area contributed by atoms with Crippen LogP contribution in [-0.2, 0) is 0 Å².